The zero-order valence-electron chi connectivity index (χ0n) is 14.6. The van der Waals surface area contributed by atoms with Gasteiger partial charge in [0.05, 0.1) is 13.2 Å². The Morgan fingerprint density at radius 2 is 1.68 bits per heavy atom. The van der Waals surface area contributed by atoms with E-state index in [1.165, 1.54) is 0 Å². The summed E-state index contributed by atoms with van der Waals surface area (Å²) in [7, 11) is 0. The van der Waals surface area contributed by atoms with Crippen LogP contribution in [-0.4, -0.2) is 78.4 Å². The first kappa shape index (κ1) is 17.2. The molecule has 7 nitrogen and oxygen atoms in total. The fourth-order valence-electron chi connectivity index (χ4n) is 3.33. The summed E-state index contributed by atoms with van der Waals surface area (Å²) >= 11 is 7.83. The number of anilines is 2. The molecule has 0 spiro atoms. The minimum absolute atomic E-state index is 0.260. The van der Waals surface area contributed by atoms with Crippen LogP contribution in [0.15, 0.2) is 0 Å². The van der Waals surface area contributed by atoms with Gasteiger partial charge in [0.2, 0.25) is 5.28 Å². The second-order valence-corrected chi connectivity index (χ2v) is 8.00. The predicted octanol–water partition coefficient (Wildman–Crippen LogP) is 2.11. The zero-order valence-corrected chi connectivity index (χ0v) is 16.2. The first-order valence-corrected chi connectivity index (χ1v) is 9.97. The van der Waals surface area contributed by atoms with Gasteiger partial charge in [-0.05, 0) is 25.4 Å². The second-order valence-electron chi connectivity index (χ2n) is 6.68. The van der Waals surface area contributed by atoms with Crippen molar-refractivity contribution in [3.05, 3.63) is 5.28 Å². The molecule has 2 aromatic rings. The van der Waals surface area contributed by atoms with E-state index in [9.17, 15) is 0 Å². The summed E-state index contributed by atoms with van der Waals surface area (Å²) < 4.78 is 6.47. The Bertz CT molecular complexity index is 740. The van der Waals surface area contributed by atoms with Gasteiger partial charge in [-0.2, -0.15) is 15.0 Å². The third-order valence-corrected chi connectivity index (χ3v) is 6.09. The number of piperazine rings is 1. The number of halogens is 1. The smallest absolute Gasteiger partial charge is 0.226 e. The summed E-state index contributed by atoms with van der Waals surface area (Å²) in [6.07, 6.45) is 0. The van der Waals surface area contributed by atoms with Crippen molar-refractivity contribution in [3.63, 3.8) is 0 Å². The number of hydrogen-bond donors (Lipinski definition) is 0. The van der Waals surface area contributed by atoms with E-state index in [1.54, 1.807) is 11.3 Å². The average Bonchev–Trinajstić information content (AvgIpc) is 3.05. The Morgan fingerprint density at radius 1 is 0.960 bits per heavy atom. The molecular weight excluding hydrogens is 360 g/mol. The van der Waals surface area contributed by atoms with Crippen LogP contribution >= 0.6 is 22.9 Å². The Labute approximate surface area is 156 Å². The number of hydrogen-bond acceptors (Lipinski definition) is 8. The van der Waals surface area contributed by atoms with Crippen LogP contribution in [0.25, 0.3) is 10.3 Å². The van der Waals surface area contributed by atoms with E-state index in [-0.39, 0.29) is 5.28 Å². The van der Waals surface area contributed by atoms with Crippen molar-refractivity contribution >= 4 is 44.2 Å². The molecule has 0 bridgehead atoms. The molecular formula is C16H23ClN6OS. The average molecular weight is 383 g/mol. The summed E-state index contributed by atoms with van der Waals surface area (Å²) in [5.74, 6) is 0.892. The Hall–Kier alpha value is -1.22. The van der Waals surface area contributed by atoms with Gasteiger partial charge in [-0.25, -0.2) is 0 Å². The zero-order chi connectivity index (χ0) is 17.4. The van der Waals surface area contributed by atoms with E-state index in [2.05, 4.69) is 38.5 Å². The minimum atomic E-state index is 0.260. The van der Waals surface area contributed by atoms with E-state index in [0.717, 1.165) is 54.9 Å². The van der Waals surface area contributed by atoms with Crippen LogP contribution in [0.4, 0.5) is 10.9 Å². The van der Waals surface area contributed by atoms with E-state index >= 15 is 0 Å². The topological polar surface area (TPSA) is 57.6 Å². The van der Waals surface area contributed by atoms with E-state index in [0.29, 0.717) is 24.9 Å². The molecule has 25 heavy (non-hydrogen) atoms. The standard InChI is InChI=1S/C16H23ClN6OS/c1-11(2)21-3-5-23(6-4-21)16-19-13-12(25-16)14(20-15(17)18-13)22-7-9-24-10-8-22/h11H,3-10H2,1-2H3. The van der Waals surface area contributed by atoms with E-state index in [4.69, 9.17) is 21.3 Å². The number of nitrogens with zero attached hydrogens (tertiary/aromatic N) is 6. The van der Waals surface area contributed by atoms with Crippen LogP contribution in [0.1, 0.15) is 13.8 Å². The molecule has 4 rings (SSSR count). The molecule has 0 amide bonds. The molecule has 0 atom stereocenters. The molecule has 2 aliphatic rings. The molecule has 0 N–H and O–H groups in total. The molecule has 9 heteroatoms. The number of fused-ring (bicyclic) bond motifs is 1. The summed E-state index contributed by atoms with van der Waals surface area (Å²) in [6.45, 7) is 11.7. The molecule has 4 heterocycles. The number of thiazole rings is 1. The Kier molecular flexibility index (Phi) is 4.95. The van der Waals surface area contributed by atoms with Gasteiger partial charge in [0.1, 0.15) is 4.70 Å². The molecule has 0 unspecified atom stereocenters. The van der Waals surface area contributed by atoms with Gasteiger partial charge in [0.25, 0.3) is 0 Å². The molecule has 2 fully saturated rings. The van der Waals surface area contributed by atoms with Crippen molar-refractivity contribution < 1.29 is 4.74 Å². The van der Waals surface area contributed by atoms with Gasteiger partial charge in [0.15, 0.2) is 16.6 Å². The maximum absolute atomic E-state index is 6.16. The Morgan fingerprint density at radius 3 is 2.36 bits per heavy atom. The van der Waals surface area contributed by atoms with Crippen LogP contribution in [0.5, 0.6) is 0 Å². The highest BCUT2D eigenvalue weighted by Gasteiger charge is 2.24. The summed E-state index contributed by atoms with van der Waals surface area (Å²) in [5.41, 5.74) is 0.702. The summed E-state index contributed by atoms with van der Waals surface area (Å²) in [5, 5.41) is 1.28. The molecule has 0 aliphatic carbocycles. The third-order valence-electron chi connectivity index (χ3n) is 4.82. The SMILES string of the molecule is CC(C)N1CCN(c2nc3nc(Cl)nc(N4CCOCC4)c3s2)CC1. The molecule has 0 radical (unpaired) electrons. The molecule has 2 aliphatic heterocycles. The fraction of sp³-hybridized carbons (Fsp3) is 0.688. The minimum Gasteiger partial charge on any atom is -0.378 e. The summed E-state index contributed by atoms with van der Waals surface area (Å²) in [4.78, 5) is 20.7. The highest BCUT2D eigenvalue weighted by molar-refractivity contribution is 7.22. The molecule has 0 saturated carbocycles. The van der Waals surface area contributed by atoms with Crippen LogP contribution in [-0.2, 0) is 4.74 Å². The highest BCUT2D eigenvalue weighted by Crippen LogP contribution is 2.35. The lowest BCUT2D eigenvalue weighted by atomic mass is 10.2. The molecule has 2 aromatic heterocycles. The molecule has 136 valence electrons. The number of morpholine rings is 1. The predicted molar refractivity (Wildman–Crippen MR) is 102 cm³/mol. The van der Waals surface area contributed by atoms with Crippen molar-refractivity contribution in [2.24, 2.45) is 0 Å². The first-order valence-electron chi connectivity index (χ1n) is 8.77. The van der Waals surface area contributed by atoms with Gasteiger partial charge >= 0.3 is 0 Å². The van der Waals surface area contributed by atoms with Crippen LogP contribution < -0.4 is 9.80 Å². The number of ether oxygens (including phenoxy) is 1. The van der Waals surface area contributed by atoms with Crippen molar-refractivity contribution in [1.29, 1.82) is 0 Å². The van der Waals surface area contributed by atoms with Gasteiger partial charge < -0.3 is 14.5 Å². The van der Waals surface area contributed by atoms with E-state index < -0.39 is 0 Å². The quantitative estimate of drug-likeness (QED) is 0.753. The lowest BCUT2D eigenvalue weighted by Gasteiger charge is -2.36. The van der Waals surface area contributed by atoms with Crippen LogP contribution in [0, 0.1) is 0 Å². The van der Waals surface area contributed by atoms with Crippen molar-refractivity contribution in [3.8, 4) is 0 Å². The molecule has 2 saturated heterocycles. The van der Waals surface area contributed by atoms with Crippen LogP contribution in [0.2, 0.25) is 5.28 Å². The highest BCUT2D eigenvalue weighted by atomic mass is 35.5. The number of aromatic nitrogens is 3. The molecule has 0 aromatic carbocycles. The third kappa shape index (κ3) is 3.53. The maximum Gasteiger partial charge on any atom is 0.226 e. The monoisotopic (exact) mass is 382 g/mol. The summed E-state index contributed by atoms with van der Waals surface area (Å²) in [6, 6.07) is 0.593. The normalized spacial score (nSPS) is 20.0. The van der Waals surface area contributed by atoms with E-state index in [1.807, 2.05) is 0 Å². The largest absolute Gasteiger partial charge is 0.378 e. The lowest BCUT2D eigenvalue weighted by molar-refractivity contribution is 0.122. The maximum atomic E-state index is 6.16. The number of rotatable bonds is 3. The lowest BCUT2D eigenvalue weighted by Crippen LogP contribution is -2.48. The van der Waals surface area contributed by atoms with Crippen molar-refractivity contribution in [2.75, 3.05) is 62.3 Å². The second kappa shape index (κ2) is 7.19. The fourth-order valence-corrected chi connectivity index (χ4v) is 4.56. The van der Waals surface area contributed by atoms with Gasteiger partial charge in [-0.15, -0.1) is 0 Å². The van der Waals surface area contributed by atoms with Crippen molar-refractivity contribution in [1.82, 2.24) is 19.9 Å². The van der Waals surface area contributed by atoms with Gasteiger partial charge in [-0.1, -0.05) is 11.3 Å². The Balaban J connectivity index is 1.61. The van der Waals surface area contributed by atoms with Gasteiger partial charge in [-0.3, -0.25) is 4.90 Å². The van der Waals surface area contributed by atoms with Gasteiger partial charge in [0, 0.05) is 45.3 Å². The van der Waals surface area contributed by atoms with Crippen molar-refractivity contribution in [2.45, 2.75) is 19.9 Å². The van der Waals surface area contributed by atoms with Crippen LogP contribution in [0.3, 0.4) is 0 Å². The first-order chi connectivity index (χ1) is 12.1.